The van der Waals surface area contributed by atoms with E-state index in [1.165, 1.54) is 49.7 Å². The van der Waals surface area contributed by atoms with Gasteiger partial charge in [-0.25, -0.2) is 0 Å². The molecular weight excluding hydrogens is 883 g/mol. The Morgan fingerprint density at radius 1 is 0.384 bits per heavy atom. The summed E-state index contributed by atoms with van der Waals surface area (Å²) in [5.41, 5.74) is 23.0. The molecule has 2 heteroatoms. The van der Waals surface area contributed by atoms with Crippen LogP contribution in [0.25, 0.3) is 99.5 Å². The van der Waals surface area contributed by atoms with Crippen molar-refractivity contribution in [1.29, 1.82) is 0 Å². The van der Waals surface area contributed by atoms with Crippen molar-refractivity contribution in [2.24, 2.45) is 0 Å². The number of furan rings is 1. The topological polar surface area (TPSA) is 16.4 Å². The van der Waals surface area contributed by atoms with Crippen LogP contribution in [0.15, 0.2) is 247 Å². The Morgan fingerprint density at radius 2 is 0.945 bits per heavy atom. The molecule has 0 saturated carbocycles. The first-order valence-corrected chi connectivity index (χ1v) is 25.6. The highest BCUT2D eigenvalue weighted by molar-refractivity contribution is 6.11. The van der Waals surface area contributed by atoms with Crippen LogP contribution in [-0.2, 0) is 10.8 Å². The summed E-state index contributed by atoms with van der Waals surface area (Å²) in [5, 5.41) is 4.62. The van der Waals surface area contributed by atoms with Gasteiger partial charge in [0, 0.05) is 44.1 Å². The molecule has 1 aliphatic carbocycles. The maximum absolute atomic E-state index is 6.57. The Balaban J connectivity index is 1.11. The highest BCUT2D eigenvalue weighted by Crippen LogP contribution is 2.55. The van der Waals surface area contributed by atoms with Gasteiger partial charge >= 0.3 is 0 Å². The number of benzene rings is 11. The molecule has 1 aliphatic rings. The lowest BCUT2D eigenvalue weighted by Crippen LogP contribution is -2.16. The van der Waals surface area contributed by atoms with Crippen LogP contribution in [0.3, 0.4) is 0 Å². The predicted molar refractivity (Wildman–Crippen MR) is 309 cm³/mol. The number of fused-ring (bicyclic) bond motifs is 7. The quantitative estimate of drug-likeness (QED) is 0.151. The van der Waals surface area contributed by atoms with Crippen LogP contribution >= 0.6 is 0 Å². The molecule has 0 saturated heterocycles. The van der Waals surface area contributed by atoms with Crippen LogP contribution in [0.1, 0.15) is 51.3 Å². The molecule has 1 aromatic heterocycles. The number of hydrogen-bond donors (Lipinski definition) is 0. The second-order valence-corrected chi connectivity index (χ2v) is 21.3. The number of para-hydroxylation sites is 2. The molecule has 0 N–H and O–H groups in total. The Morgan fingerprint density at radius 3 is 1.66 bits per heavy atom. The van der Waals surface area contributed by atoms with E-state index in [-0.39, 0.29) is 10.8 Å². The van der Waals surface area contributed by atoms with E-state index >= 15 is 0 Å². The van der Waals surface area contributed by atoms with Gasteiger partial charge in [-0.05, 0) is 114 Å². The zero-order chi connectivity index (χ0) is 49.4. The van der Waals surface area contributed by atoms with Crippen LogP contribution in [0.4, 0.5) is 17.1 Å². The first-order valence-electron chi connectivity index (χ1n) is 25.6. The van der Waals surface area contributed by atoms with E-state index in [2.05, 4.69) is 276 Å². The number of hydrogen-bond acceptors (Lipinski definition) is 2. The molecule has 1 heterocycles. The van der Waals surface area contributed by atoms with E-state index in [0.717, 1.165) is 83.5 Å². The summed E-state index contributed by atoms with van der Waals surface area (Å²) in [6.45, 7) is 11.6. The molecule has 13 rings (SSSR count). The third-order valence-electron chi connectivity index (χ3n) is 15.4. The summed E-state index contributed by atoms with van der Waals surface area (Å²) in [6.07, 6.45) is 0. The minimum atomic E-state index is -0.146. The van der Waals surface area contributed by atoms with Gasteiger partial charge < -0.3 is 9.32 Å². The lowest BCUT2D eigenvalue weighted by atomic mass is 9.82. The van der Waals surface area contributed by atoms with Gasteiger partial charge in [-0.1, -0.05) is 241 Å². The second-order valence-electron chi connectivity index (χ2n) is 21.3. The average molecular weight is 938 g/mol. The molecule has 0 fully saturated rings. The second kappa shape index (κ2) is 17.3. The van der Waals surface area contributed by atoms with Crippen molar-refractivity contribution in [2.75, 3.05) is 4.90 Å². The monoisotopic (exact) mass is 937 g/mol. The lowest BCUT2D eigenvalue weighted by Gasteiger charge is -2.33. The average Bonchev–Trinajstić information content (AvgIpc) is 3.93. The summed E-state index contributed by atoms with van der Waals surface area (Å²) in [4.78, 5) is 2.58. The van der Waals surface area contributed by atoms with Crippen LogP contribution in [0.2, 0.25) is 0 Å². The van der Waals surface area contributed by atoms with E-state index in [0.29, 0.717) is 0 Å². The van der Waals surface area contributed by atoms with Crippen molar-refractivity contribution < 1.29 is 4.42 Å². The summed E-state index contributed by atoms with van der Waals surface area (Å²) < 4.78 is 6.57. The van der Waals surface area contributed by atoms with Crippen LogP contribution in [-0.4, -0.2) is 0 Å². The molecular formula is C71H55NO. The molecule has 73 heavy (non-hydrogen) atoms. The Bertz CT molecular complexity index is 4000. The fraction of sp³-hybridized carbons (Fsp3) is 0.0986. The molecule has 0 spiro atoms. The highest BCUT2D eigenvalue weighted by Gasteiger charge is 2.36. The van der Waals surface area contributed by atoms with Crippen molar-refractivity contribution in [3.05, 3.63) is 259 Å². The van der Waals surface area contributed by atoms with Crippen molar-refractivity contribution in [3.63, 3.8) is 0 Å². The number of nitrogens with zero attached hydrogens (tertiary/aromatic N) is 1. The van der Waals surface area contributed by atoms with Crippen molar-refractivity contribution in [3.8, 4) is 66.8 Å². The third-order valence-corrected chi connectivity index (χ3v) is 15.4. The molecule has 11 aromatic carbocycles. The summed E-state index contributed by atoms with van der Waals surface area (Å²) in [6, 6.07) is 89.7. The van der Waals surface area contributed by atoms with Crippen molar-refractivity contribution >= 4 is 49.8 Å². The Hall–Kier alpha value is -8.72. The van der Waals surface area contributed by atoms with Crippen molar-refractivity contribution in [1.82, 2.24) is 0 Å². The third kappa shape index (κ3) is 7.48. The maximum atomic E-state index is 6.57. The van der Waals surface area contributed by atoms with Gasteiger partial charge in [0.15, 0.2) is 0 Å². The minimum Gasteiger partial charge on any atom is -0.455 e. The molecule has 0 unspecified atom stereocenters. The molecule has 12 aromatic rings. The van der Waals surface area contributed by atoms with Crippen LogP contribution in [0.5, 0.6) is 0 Å². The van der Waals surface area contributed by atoms with E-state index in [1.807, 2.05) is 6.07 Å². The molecule has 2 nitrogen and oxygen atoms in total. The maximum Gasteiger partial charge on any atom is 0.143 e. The zero-order valence-corrected chi connectivity index (χ0v) is 41.9. The smallest absolute Gasteiger partial charge is 0.143 e. The SMILES string of the molecule is CC(C)(C)c1ccc(-c2cc(-c3ccccc3)c(N(c3ccc4c(c3)-c3ccccc3C4(C)C)c3ccc4ccccc4c3-c3ccc(-c4cccc5c4oc4ccccc45)cc3)c(-c3ccccc3)c2)cc1. The Kier molecular flexibility index (Phi) is 10.5. The normalized spacial score (nSPS) is 12.8. The number of rotatable bonds is 8. The first kappa shape index (κ1) is 44.2. The molecule has 0 radical (unpaired) electrons. The lowest BCUT2D eigenvalue weighted by molar-refractivity contribution is 0.590. The molecule has 0 atom stereocenters. The fourth-order valence-electron chi connectivity index (χ4n) is 11.7. The molecule has 0 bridgehead atoms. The van der Waals surface area contributed by atoms with Gasteiger partial charge in [0.05, 0.1) is 11.4 Å². The van der Waals surface area contributed by atoms with Crippen molar-refractivity contribution in [2.45, 2.75) is 45.4 Å². The summed E-state index contributed by atoms with van der Waals surface area (Å²) >= 11 is 0. The minimum absolute atomic E-state index is 0.0410. The summed E-state index contributed by atoms with van der Waals surface area (Å²) in [7, 11) is 0. The van der Waals surface area contributed by atoms with Gasteiger partial charge in [0.1, 0.15) is 11.2 Å². The molecule has 0 aliphatic heterocycles. The van der Waals surface area contributed by atoms with E-state index < -0.39 is 0 Å². The largest absolute Gasteiger partial charge is 0.455 e. The van der Waals surface area contributed by atoms with E-state index in [4.69, 9.17) is 4.42 Å². The van der Waals surface area contributed by atoms with Gasteiger partial charge in [-0.15, -0.1) is 0 Å². The van der Waals surface area contributed by atoms with Crippen LogP contribution in [0, 0.1) is 0 Å². The number of anilines is 3. The zero-order valence-electron chi connectivity index (χ0n) is 41.9. The van der Waals surface area contributed by atoms with Gasteiger partial charge in [-0.2, -0.15) is 0 Å². The molecule has 350 valence electrons. The van der Waals surface area contributed by atoms with Crippen LogP contribution < -0.4 is 4.90 Å². The van der Waals surface area contributed by atoms with Gasteiger partial charge in [0.2, 0.25) is 0 Å². The van der Waals surface area contributed by atoms with Gasteiger partial charge in [-0.3, -0.25) is 0 Å². The van der Waals surface area contributed by atoms with Gasteiger partial charge in [0.25, 0.3) is 0 Å². The summed E-state index contributed by atoms with van der Waals surface area (Å²) in [5.74, 6) is 0. The Labute approximate surface area is 428 Å². The first-order chi connectivity index (χ1) is 35.6. The fourth-order valence-corrected chi connectivity index (χ4v) is 11.7. The standard InChI is InChI=1S/C71H55NO/c1-70(2,3)53-38-35-46(36-39-53)52-43-60(47-19-8-6-9-20-47)68(61(44-52)48-21-10-7-11-22-48)72(54-40-41-64-62(45-54)57-25-14-16-29-63(57)71(64,4)5)65-42-37-49-23-12-13-24-55(49)67(65)51-33-31-50(32-34-51)56-27-18-28-59-58-26-15-17-30-66(58)73-69(56)59/h6-45H,1-5H3. The van der Waals surface area contributed by atoms with E-state index in [1.54, 1.807) is 0 Å². The van der Waals surface area contributed by atoms with E-state index in [9.17, 15) is 0 Å². The highest BCUT2D eigenvalue weighted by atomic mass is 16.3. The predicted octanol–water partition coefficient (Wildman–Crippen LogP) is 20.1. The molecule has 0 amide bonds.